The van der Waals surface area contributed by atoms with Crippen molar-refractivity contribution in [3.8, 4) is 11.1 Å². The number of aliphatic carboxylic acids is 1. The van der Waals surface area contributed by atoms with Crippen molar-refractivity contribution >= 4 is 17.7 Å². The summed E-state index contributed by atoms with van der Waals surface area (Å²) in [6.07, 6.45) is 9.96. The van der Waals surface area contributed by atoms with Crippen LogP contribution in [0.4, 0.5) is 10.1 Å². The van der Waals surface area contributed by atoms with Gasteiger partial charge in [0, 0.05) is 12.1 Å². The zero-order valence-corrected chi connectivity index (χ0v) is 22.3. The fourth-order valence-electron chi connectivity index (χ4n) is 5.86. The van der Waals surface area contributed by atoms with E-state index in [1.165, 1.54) is 5.56 Å². The van der Waals surface area contributed by atoms with Gasteiger partial charge in [-0.3, -0.25) is 0 Å². The van der Waals surface area contributed by atoms with E-state index in [0.717, 1.165) is 65.3 Å². The van der Waals surface area contributed by atoms with Crippen LogP contribution in [0, 0.1) is 5.82 Å². The maximum atomic E-state index is 15.7. The molecule has 0 saturated heterocycles. The number of carboxylic acids is 1. The number of carbonyl (C=O) groups is 1. The molecule has 0 radical (unpaired) electrons. The Labute approximate surface area is 228 Å². The summed E-state index contributed by atoms with van der Waals surface area (Å²) in [6.45, 7) is 5.15. The summed E-state index contributed by atoms with van der Waals surface area (Å²) in [4.78, 5) is 13.2. The molecule has 2 N–H and O–H groups in total. The molecule has 4 aromatic rings. The van der Waals surface area contributed by atoms with Crippen LogP contribution in [0.5, 0.6) is 0 Å². The molecule has 0 spiro atoms. The van der Waals surface area contributed by atoms with Crippen molar-refractivity contribution in [2.45, 2.75) is 57.7 Å². The number of carboxylic acid groups (broad SMARTS) is 1. The van der Waals surface area contributed by atoms with Crippen molar-refractivity contribution in [2.24, 2.45) is 0 Å². The second kappa shape index (κ2) is 10.2. The lowest BCUT2D eigenvalue weighted by molar-refractivity contribution is -0.746. The highest BCUT2D eigenvalue weighted by molar-refractivity contribution is 5.85. The molecule has 0 bridgehead atoms. The topological polar surface area (TPSA) is 60.2 Å². The average Bonchev–Trinajstić information content (AvgIpc) is 3.68. The first kappa shape index (κ1) is 25.1. The maximum Gasteiger partial charge on any atom is 0.328 e. The molecule has 5 nitrogen and oxygen atoms in total. The molecule has 6 heteroatoms. The van der Waals surface area contributed by atoms with E-state index in [0.29, 0.717) is 11.6 Å². The minimum Gasteiger partial charge on any atom is -0.478 e. The second-order valence-corrected chi connectivity index (χ2v) is 10.7. The van der Waals surface area contributed by atoms with Gasteiger partial charge in [-0.15, -0.1) is 4.68 Å². The molecule has 0 amide bonds. The Morgan fingerprint density at radius 3 is 2.51 bits per heavy atom. The Balaban J connectivity index is 1.44. The Morgan fingerprint density at radius 1 is 1.08 bits per heavy atom. The number of aromatic amines is 1. The van der Waals surface area contributed by atoms with Gasteiger partial charge in [-0.2, -0.15) is 5.10 Å². The van der Waals surface area contributed by atoms with Gasteiger partial charge in [0.1, 0.15) is 5.82 Å². The molecule has 1 aromatic heterocycles. The lowest BCUT2D eigenvalue weighted by Crippen LogP contribution is -2.43. The van der Waals surface area contributed by atoms with Gasteiger partial charge in [0.2, 0.25) is 6.20 Å². The minimum absolute atomic E-state index is 0.0670. The van der Waals surface area contributed by atoms with E-state index in [2.05, 4.69) is 59.0 Å². The van der Waals surface area contributed by atoms with Crippen LogP contribution in [0.3, 0.4) is 0 Å². The number of fused-ring (bicyclic) bond motifs is 1. The zero-order valence-electron chi connectivity index (χ0n) is 22.3. The minimum atomic E-state index is -0.979. The molecule has 39 heavy (non-hydrogen) atoms. The lowest BCUT2D eigenvalue weighted by atomic mass is 9.83. The quantitative estimate of drug-likeness (QED) is 0.211. The van der Waals surface area contributed by atoms with Gasteiger partial charge in [0.25, 0.3) is 0 Å². The number of halogens is 1. The number of rotatable bonds is 7. The number of aromatic nitrogens is 2. The highest BCUT2D eigenvalue weighted by Gasteiger charge is 2.35. The number of benzene rings is 3. The van der Waals surface area contributed by atoms with Crippen LogP contribution in [-0.4, -0.2) is 22.2 Å². The van der Waals surface area contributed by atoms with Gasteiger partial charge in [0.05, 0.1) is 23.5 Å². The van der Waals surface area contributed by atoms with Crippen molar-refractivity contribution in [1.29, 1.82) is 0 Å². The highest BCUT2D eigenvalue weighted by Crippen LogP contribution is 2.45. The first-order valence-electron chi connectivity index (χ1n) is 13.7. The van der Waals surface area contributed by atoms with Crippen LogP contribution in [0.15, 0.2) is 79.1 Å². The van der Waals surface area contributed by atoms with Gasteiger partial charge in [-0.05, 0) is 90.6 Å². The predicted octanol–water partition coefficient (Wildman–Crippen LogP) is 6.64. The first-order valence-corrected chi connectivity index (χ1v) is 13.7. The number of anilines is 1. The van der Waals surface area contributed by atoms with Crippen LogP contribution < -0.4 is 9.58 Å². The average molecular weight is 523 g/mol. The Hall–Kier alpha value is -4.19. The molecule has 1 aliphatic heterocycles. The highest BCUT2D eigenvalue weighted by atomic mass is 19.1. The van der Waals surface area contributed by atoms with Crippen molar-refractivity contribution in [1.82, 2.24) is 5.10 Å². The van der Waals surface area contributed by atoms with Crippen molar-refractivity contribution < 1.29 is 19.0 Å². The predicted molar refractivity (Wildman–Crippen MR) is 151 cm³/mol. The number of hydrogen-bond acceptors (Lipinski definition) is 2. The molecule has 3 aromatic carbocycles. The Kier molecular flexibility index (Phi) is 6.55. The molecule has 1 aliphatic carbocycles. The summed E-state index contributed by atoms with van der Waals surface area (Å²) < 4.78 is 17.8. The van der Waals surface area contributed by atoms with E-state index in [4.69, 9.17) is 5.11 Å². The first-order chi connectivity index (χ1) is 18.9. The summed E-state index contributed by atoms with van der Waals surface area (Å²) in [6, 6.07) is 20.2. The molecule has 2 heterocycles. The van der Waals surface area contributed by atoms with Crippen molar-refractivity contribution in [3.05, 3.63) is 113 Å². The molecule has 1 saturated carbocycles. The smallest absolute Gasteiger partial charge is 0.328 e. The third-order valence-electron chi connectivity index (χ3n) is 8.03. The van der Waals surface area contributed by atoms with Gasteiger partial charge in [-0.1, -0.05) is 48.5 Å². The SMILES string of the molecule is CC[n+]1cc(-c2ccc3c(c2)CC(C)N(c2ccc(C4CC4)cc2F)C3c2ccc(/C=C/C(=O)O)cc2)c[nH]1. The van der Waals surface area contributed by atoms with E-state index in [1.807, 2.05) is 36.5 Å². The monoisotopic (exact) mass is 522 g/mol. The normalized spacial score (nSPS) is 18.9. The summed E-state index contributed by atoms with van der Waals surface area (Å²) in [7, 11) is 0. The summed E-state index contributed by atoms with van der Waals surface area (Å²) in [5.41, 5.74) is 8.28. The molecular formula is C33H33FN3O2+. The third-order valence-corrected chi connectivity index (χ3v) is 8.03. The number of nitrogens with one attached hydrogen (secondary N) is 1. The van der Waals surface area contributed by atoms with Gasteiger partial charge in [-0.25, -0.2) is 9.18 Å². The standard InChI is InChI=1S/C33H32FN3O2/c1-3-36-20-28(19-35-36)25-11-13-29-27(17-25)16-21(2)37(31-14-12-26(18-30(31)34)23-9-10-23)33(29)24-7-4-22(5-8-24)6-15-32(38)39/h4-8,11-15,17-21,23,33H,3,9-10,16H2,1-2H3,(H,38,39)/p+1/b15-6+. The molecule has 1 fully saturated rings. The second-order valence-electron chi connectivity index (χ2n) is 10.7. The van der Waals surface area contributed by atoms with E-state index < -0.39 is 5.97 Å². The van der Waals surface area contributed by atoms with Crippen molar-refractivity contribution in [3.63, 3.8) is 0 Å². The molecular weight excluding hydrogens is 489 g/mol. The number of H-pyrrole nitrogens is 1. The van der Waals surface area contributed by atoms with Gasteiger partial charge < -0.3 is 10.0 Å². The zero-order chi connectivity index (χ0) is 27.1. The Morgan fingerprint density at radius 2 is 1.85 bits per heavy atom. The number of aryl methyl sites for hydroxylation is 1. The Bertz CT molecular complexity index is 1550. The summed E-state index contributed by atoms with van der Waals surface area (Å²) in [5.74, 6) is -0.657. The van der Waals surface area contributed by atoms with Crippen molar-refractivity contribution in [2.75, 3.05) is 4.90 Å². The largest absolute Gasteiger partial charge is 0.478 e. The van der Waals surface area contributed by atoms with Crippen LogP contribution in [0.1, 0.15) is 66.5 Å². The van der Waals surface area contributed by atoms with E-state index >= 15 is 4.39 Å². The van der Waals surface area contributed by atoms with E-state index in [-0.39, 0.29) is 17.9 Å². The van der Waals surface area contributed by atoms with Gasteiger partial charge >= 0.3 is 5.97 Å². The van der Waals surface area contributed by atoms with E-state index in [1.54, 1.807) is 12.1 Å². The van der Waals surface area contributed by atoms with Crippen LogP contribution in [0.25, 0.3) is 17.2 Å². The summed E-state index contributed by atoms with van der Waals surface area (Å²) in [5, 5.41) is 12.3. The molecule has 2 unspecified atom stereocenters. The number of hydrogen-bond donors (Lipinski definition) is 2. The third kappa shape index (κ3) is 4.99. The fourth-order valence-corrected chi connectivity index (χ4v) is 5.86. The lowest BCUT2D eigenvalue weighted by Gasteiger charge is -2.44. The summed E-state index contributed by atoms with van der Waals surface area (Å²) >= 11 is 0. The van der Waals surface area contributed by atoms with E-state index in [9.17, 15) is 4.79 Å². The molecule has 6 rings (SSSR count). The molecule has 2 aliphatic rings. The number of nitrogens with zero attached hydrogens (tertiary/aromatic N) is 2. The maximum absolute atomic E-state index is 15.7. The molecule has 2 atom stereocenters. The van der Waals surface area contributed by atoms with Gasteiger partial charge in [0.15, 0.2) is 6.54 Å². The van der Waals surface area contributed by atoms with Crippen LogP contribution in [-0.2, 0) is 17.8 Å². The van der Waals surface area contributed by atoms with Crippen LogP contribution >= 0.6 is 0 Å². The van der Waals surface area contributed by atoms with Crippen LogP contribution in [0.2, 0.25) is 0 Å². The molecule has 198 valence electrons. The fraction of sp³-hybridized carbons (Fsp3) is 0.273.